The molecule has 0 spiro atoms. The van der Waals surface area contributed by atoms with Crippen LogP contribution >= 0.6 is 0 Å². The molecule has 0 heterocycles. The first-order chi connectivity index (χ1) is 14.4. The van der Waals surface area contributed by atoms with Crippen LogP contribution in [-0.4, -0.2) is 11.7 Å². The van der Waals surface area contributed by atoms with E-state index in [1.807, 2.05) is 6.92 Å². The van der Waals surface area contributed by atoms with Gasteiger partial charge in [0.1, 0.15) is 0 Å². The quantitative estimate of drug-likeness (QED) is 0.396. The minimum absolute atomic E-state index is 0.348. The Labute approximate surface area is 196 Å². The van der Waals surface area contributed by atoms with Gasteiger partial charge in [0, 0.05) is 6.61 Å². The molecule has 0 bridgehead atoms. The molecular formula is C30H58O. The molecule has 184 valence electrons. The van der Waals surface area contributed by atoms with Gasteiger partial charge in [-0.3, -0.25) is 0 Å². The lowest BCUT2D eigenvalue weighted by Crippen LogP contribution is -2.50. The van der Waals surface area contributed by atoms with Crippen molar-refractivity contribution in [3.05, 3.63) is 12.2 Å². The molecular weight excluding hydrogens is 376 g/mol. The van der Waals surface area contributed by atoms with E-state index in [4.69, 9.17) is 0 Å². The zero-order valence-corrected chi connectivity index (χ0v) is 23.1. The summed E-state index contributed by atoms with van der Waals surface area (Å²) in [5, 5.41) is 9.58. The van der Waals surface area contributed by atoms with Gasteiger partial charge in [-0.25, -0.2) is 0 Å². The molecule has 2 aliphatic rings. The molecule has 1 nitrogen and oxygen atoms in total. The zero-order valence-electron chi connectivity index (χ0n) is 23.1. The molecule has 8 atom stereocenters. The molecule has 0 aromatic carbocycles. The predicted molar refractivity (Wildman–Crippen MR) is 139 cm³/mol. The van der Waals surface area contributed by atoms with Gasteiger partial charge < -0.3 is 5.11 Å². The Bertz CT molecular complexity index is 535. The summed E-state index contributed by atoms with van der Waals surface area (Å²) in [5.74, 6) is 5.61. The monoisotopic (exact) mass is 434 g/mol. The van der Waals surface area contributed by atoms with Gasteiger partial charge in [0.05, 0.1) is 0 Å². The maximum absolute atomic E-state index is 9.58. The summed E-state index contributed by atoms with van der Waals surface area (Å²) in [6.07, 6.45) is 10.6. The lowest BCUT2D eigenvalue weighted by molar-refractivity contribution is -0.0824. The van der Waals surface area contributed by atoms with Crippen molar-refractivity contribution in [1.29, 1.82) is 0 Å². The summed E-state index contributed by atoms with van der Waals surface area (Å²) in [5.41, 5.74) is 2.19. The Morgan fingerprint density at radius 1 is 1.00 bits per heavy atom. The lowest BCUT2D eigenvalue weighted by Gasteiger charge is -2.57. The van der Waals surface area contributed by atoms with Crippen molar-refractivity contribution < 1.29 is 5.11 Å². The van der Waals surface area contributed by atoms with Gasteiger partial charge in [0.15, 0.2) is 0 Å². The molecule has 0 radical (unpaired) electrons. The molecule has 0 saturated heterocycles. The molecule has 31 heavy (non-hydrogen) atoms. The number of hydrogen-bond acceptors (Lipinski definition) is 1. The number of allylic oxidation sites excluding steroid dienone is 1. The maximum Gasteiger partial charge on any atom is 0.0456 e. The van der Waals surface area contributed by atoms with E-state index in [0.29, 0.717) is 23.4 Å². The molecule has 1 heteroatoms. The van der Waals surface area contributed by atoms with Crippen LogP contribution in [-0.2, 0) is 0 Å². The van der Waals surface area contributed by atoms with Crippen LogP contribution in [0.1, 0.15) is 121 Å². The molecule has 0 aliphatic heterocycles. The Kier molecular flexibility index (Phi) is 11.3. The average molecular weight is 435 g/mol. The third-order valence-electron chi connectivity index (χ3n) is 10.5. The molecule has 8 unspecified atom stereocenters. The first-order valence-corrected chi connectivity index (χ1v) is 13.7. The van der Waals surface area contributed by atoms with Crippen LogP contribution < -0.4 is 0 Å². The topological polar surface area (TPSA) is 20.2 Å². The van der Waals surface area contributed by atoms with Crippen molar-refractivity contribution in [2.75, 3.05) is 6.61 Å². The van der Waals surface area contributed by atoms with E-state index in [-0.39, 0.29) is 0 Å². The van der Waals surface area contributed by atoms with E-state index in [1.54, 1.807) is 0 Å². The van der Waals surface area contributed by atoms with Crippen LogP contribution in [0.3, 0.4) is 0 Å². The van der Waals surface area contributed by atoms with Crippen LogP contribution in [0.5, 0.6) is 0 Å². The predicted octanol–water partition coefficient (Wildman–Crippen LogP) is 9.15. The normalized spacial score (nSPS) is 38.7. The van der Waals surface area contributed by atoms with Crippen LogP contribution in [0.25, 0.3) is 0 Å². The molecule has 2 aliphatic carbocycles. The highest BCUT2D eigenvalue weighted by atomic mass is 16.3. The Morgan fingerprint density at radius 2 is 1.55 bits per heavy atom. The molecule has 2 fully saturated rings. The van der Waals surface area contributed by atoms with Gasteiger partial charge in [-0.15, -0.1) is 6.58 Å². The third-order valence-corrected chi connectivity index (χ3v) is 10.5. The van der Waals surface area contributed by atoms with Gasteiger partial charge in [-0.05, 0) is 97.7 Å². The number of aliphatic hydroxyl groups is 1. The first-order valence-electron chi connectivity index (χ1n) is 13.7. The van der Waals surface area contributed by atoms with Crippen molar-refractivity contribution in [2.24, 2.45) is 52.3 Å². The largest absolute Gasteiger partial charge is 0.396 e. The summed E-state index contributed by atoms with van der Waals surface area (Å²) >= 11 is 0. The fourth-order valence-corrected chi connectivity index (χ4v) is 7.25. The number of aliphatic hydroxyl groups excluding tert-OH is 1. The van der Waals surface area contributed by atoms with Crippen LogP contribution in [0.15, 0.2) is 12.2 Å². The van der Waals surface area contributed by atoms with E-state index in [9.17, 15) is 5.11 Å². The van der Waals surface area contributed by atoms with Gasteiger partial charge >= 0.3 is 0 Å². The van der Waals surface area contributed by atoms with Gasteiger partial charge in [0.25, 0.3) is 0 Å². The molecule has 0 amide bonds. The summed E-state index contributed by atoms with van der Waals surface area (Å²) < 4.78 is 0. The van der Waals surface area contributed by atoms with Gasteiger partial charge in [0.2, 0.25) is 0 Å². The van der Waals surface area contributed by atoms with Crippen LogP contribution in [0.4, 0.5) is 0 Å². The average Bonchev–Trinajstić information content (AvgIpc) is 2.73. The Hall–Kier alpha value is -0.300. The minimum atomic E-state index is 0.348. The molecule has 2 saturated carbocycles. The standard InChI is InChI=1S/C25H48O.C5H10/c1-9-23-22(13-11-18(4)24(23,6)7)21-14-12-20(15-17(3)16-26)25(8,10-2)19(21)5;1-4-5(2)3/h17-23,26H,9-16H2,1-8H3;2,4H2,1,3H3. The molecule has 2 rings (SSSR count). The third kappa shape index (κ3) is 6.61. The fourth-order valence-electron chi connectivity index (χ4n) is 7.25. The zero-order chi connectivity index (χ0) is 24.0. The second kappa shape index (κ2) is 12.2. The van der Waals surface area contributed by atoms with Crippen molar-refractivity contribution in [2.45, 2.75) is 121 Å². The van der Waals surface area contributed by atoms with Crippen molar-refractivity contribution in [3.8, 4) is 0 Å². The summed E-state index contributed by atoms with van der Waals surface area (Å²) in [7, 11) is 0. The van der Waals surface area contributed by atoms with Gasteiger partial charge in [-0.2, -0.15) is 0 Å². The van der Waals surface area contributed by atoms with Crippen molar-refractivity contribution in [1.82, 2.24) is 0 Å². The van der Waals surface area contributed by atoms with E-state index < -0.39 is 0 Å². The summed E-state index contributed by atoms with van der Waals surface area (Å²) in [4.78, 5) is 0. The second-order valence-corrected chi connectivity index (χ2v) is 12.4. The first kappa shape index (κ1) is 28.7. The van der Waals surface area contributed by atoms with E-state index in [0.717, 1.165) is 41.9 Å². The lowest BCUT2D eigenvalue weighted by atomic mass is 9.48. The van der Waals surface area contributed by atoms with Crippen molar-refractivity contribution >= 4 is 0 Å². The maximum atomic E-state index is 9.58. The van der Waals surface area contributed by atoms with Gasteiger partial charge in [-0.1, -0.05) is 80.7 Å². The van der Waals surface area contributed by atoms with Crippen LogP contribution in [0.2, 0.25) is 0 Å². The van der Waals surface area contributed by atoms with E-state index >= 15 is 0 Å². The summed E-state index contributed by atoms with van der Waals surface area (Å²) in [6.45, 7) is 28.0. The minimum Gasteiger partial charge on any atom is -0.396 e. The number of hydrogen-bond donors (Lipinski definition) is 1. The highest BCUT2D eigenvalue weighted by Gasteiger charge is 2.51. The van der Waals surface area contributed by atoms with E-state index in [2.05, 4.69) is 68.9 Å². The molecule has 0 aromatic rings. The smallest absolute Gasteiger partial charge is 0.0456 e. The fraction of sp³-hybridized carbons (Fsp3) is 0.933. The number of rotatable bonds is 7. The second-order valence-electron chi connectivity index (χ2n) is 12.4. The molecule has 0 aromatic heterocycles. The SMILES string of the molecule is C=C(C)CC.CCC1C(C2CCC(CC(C)CO)C(C)(CC)C2C)CCC(C)C1(C)C. The highest BCUT2D eigenvalue weighted by Crippen LogP contribution is 2.59. The summed E-state index contributed by atoms with van der Waals surface area (Å²) in [6, 6.07) is 0. The molecule has 1 N–H and O–H groups in total. The van der Waals surface area contributed by atoms with Crippen molar-refractivity contribution in [3.63, 3.8) is 0 Å². The Balaban J connectivity index is 0.000000861. The Morgan fingerprint density at radius 3 is 2.00 bits per heavy atom. The highest BCUT2D eigenvalue weighted by molar-refractivity contribution is 5.00. The van der Waals surface area contributed by atoms with Crippen LogP contribution in [0, 0.1) is 52.3 Å². The van der Waals surface area contributed by atoms with E-state index in [1.165, 1.54) is 50.5 Å².